The minimum absolute atomic E-state index is 0.0814. The average Bonchev–Trinajstić information content (AvgIpc) is 3.71. The molecule has 0 unspecified atom stereocenters. The minimum Gasteiger partial charge on any atom is -0.356 e. The first-order chi connectivity index (χ1) is 19.9. The van der Waals surface area contributed by atoms with E-state index in [2.05, 4.69) is 21.3 Å². The molecule has 1 aliphatic heterocycles. The number of Topliss-reactive ketones (excluding diaryl/α,β-unsaturated/α-hetero) is 1. The third-order valence-electron chi connectivity index (χ3n) is 8.33. The molecule has 11 nitrogen and oxygen atoms in total. The van der Waals surface area contributed by atoms with Gasteiger partial charge in [-0.3, -0.25) is 28.8 Å². The largest absolute Gasteiger partial charge is 0.356 e. The summed E-state index contributed by atoms with van der Waals surface area (Å²) in [6.45, 7) is 9.10. The fourth-order valence-electron chi connectivity index (χ4n) is 5.43. The molecular formula is C30H47F2N5O6. The predicted octanol–water partition coefficient (Wildman–Crippen LogP) is 1.68. The van der Waals surface area contributed by atoms with Gasteiger partial charge in [-0.2, -0.15) is 0 Å². The van der Waals surface area contributed by atoms with Crippen molar-refractivity contribution in [3.8, 4) is 0 Å². The molecule has 0 spiro atoms. The summed E-state index contributed by atoms with van der Waals surface area (Å²) < 4.78 is 27.7. The van der Waals surface area contributed by atoms with E-state index in [9.17, 15) is 37.5 Å². The fourth-order valence-corrected chi connectivity index (χ4v) is 5.43. The fraction of sp³-hybridized carbons (Fsp3) is 0.800. The molecule has 0 bridgehead atoms. The van der Waals surface area contributed by atoms with Crippen LogP contribution in [0.1, 0.15) is 86.0 Å². The van der Waals surface area contributed by atoms with Gasteiger partial charge in [0, 0.05) is 43.8 Å². The molecule has 0 aromatic carbocycles. The number of ketones is 1. The summed E-state index contributed by atoms with van der Waals surface area (Å²) in [6.07, 6.45) is 1.63. The van der Waals surface area contributed by atoms with Crippen LogP contribution >= 0.6 is 0 Å². The number of halogens is 2. The first kappa shape index (κ1) is 34.4. The Kier molecular flexibility index (Phi) is 10.9. The van der Waals surface area contributed by atoms with Gasteiger partial charge >= 0.3 is 0 Å². The lowest BCUT2D eigenvalue weighted by Crippen LogP contribution is -2.62. The number of hydrogen-bond donors (Lipinski definition) is 4. The van der Waals surface area contributed by atoms with E-state index in [0.717, 1.165) is 17.7 Å². The van der Waals surface area contributed by atoms with Crippen molar-refractivity contribution in [3.63, 3.8) is 0 Å². The van der Waals surface area contributed by atoms with E-state index in [4.69, 9.17) is 0 Å². The number of amides is 5. The average molecular weight is 612 g/mol. The van der Waals surface area contributed by atoms with Gasteiger partial charge in [0.2, 0.25) is 35.3 Å². The summed E-state index contributed by atoms with van der Waals surface area (Å²) in [7, 11) is 1.37. The number of nitrogens with zero attached hydrogens (tertiary/aromatic N) is 1. The summed E-state index contributed by atoms with van der Waals surface area (Å²) >= 11 is 0. The number of hydrogen-bond acceptors (Lipinski definition) is 6. The van der Waals surface area contributed by atoms with Gasteiger partial charge < -0.3 is 26.2 Å². The van der Waals surface area contributed by atoms with E-state index >= 15 is 0 Å². The molecule has 1 heterocycles. The third kappa shape index (κ3) is 9.43. The van der Waals surface area contributed by atoms with Crippen molar-refractivity contribution < 1.29 is 37.5 Å². The third-order valence-corrected chi connectivity index (χ3v) is 8.33. The molecule has 1 saturated heterocycles. The van der Waals surface area contributed by atoms with Crippen LogP contribution in [0, 0.1) is 23.2 Å². The molecular weight excluding hydrogens is 564 g/mol. The summed E-state index contributed by atoms with van der Waals surface area (Å²) in [5.41, 5.74) is -0.891. The van der Waals surface area contributed by atoms with Crippen molar-refractivity contribution in [2.45, 2.75) is 116 Å². The Labute approximate surface area is 252 Å². The second-order valence-electron chi connectivity index (χ2n) is 13.9. The smallest absolute Gasteiger partial charge is 0.289 e. The highest BCUT2D eigenvalue weighted by Crippen LogP contribution is 2.44. The molecule has 3 aliphatic rings. The molecule has 2 saturated carbocycles. The predicted molar refractivity (Wildman–Crippen MR) is 154 cm³/mol. The van der Waals surface area contributed by atoms with Gasteiger partial charge in [-0.05, 0) is 50.4 Å². The number of piperidine rings is 1. The lowest BCUT2D eigenvalue weighted by Gasteiger charge is -2.42. The number of carbonyl (C=O) groups excluding carboxylic acids is 6. The van der Waals surface area contributed by atoms with Crippen LogP contribution in [0.3, 0.4) is 0 Å². The first-order valence-electron chi connectivity index (χ1n) is 15.3. The number of likely N-dealkylation sites (N-methyl/N-ethyl adjacent to an activating group) is 1. The second-order valence-corrected chi connectivity index (χ2v) is 13.9. The van der Waals surface area contributed by atoms with Crippen LogP contribution in [0.15, 0.2) is 0 Å². The zero-order valence-electron chi connectivity index (χ0n) is 26.1. The van der Waals surface area contributed by atoms with E-state index in [1.165, 1.54) is 7.05 Å². The summed E-state index contributed by atoms with van der Waals surface area (Å²) in [5, 5.41) is 10.7. The van der Waals surface area contributed by atoms with E-state index in [0.29, 0.717) is 19.4 Å². The number of alkyl halides is 2. The normalized spacial score (nSPS) is 22.3. The molecule has 3 rings (SSSR count). The maximum absolute atomic E-state index is 13.8. The Morgan fingerprint density at radius 3 is 2.19 bits per heavy atom. The lowest BCUT2D eigenvalue weighted by atomic mass is 9.75. The monoisotopic (exact) mass is 611 g/mol. The molecule has 0 aromatic rings. The molecule has 2 aliphatic carbocycles. The van der Waals surface area contributed by atoms with E-state index < -0.39 is 83.6 Å². The van der Waals surface area contributed by atoms with Gasteiger partial charge in [0.15, 0.2) is 0 Å². The van der Waals surface area contributed by atoms with Crippen LogP contribution in [-0.2, 0) is 28.8 Å². The van der Waals surface area contributed by atoms with Crippen LogP contribution in [0.2, 0.25) is 0 Å². The van der Waals surface area contributed by atoms with Crippen molar-refractivity contribution >= 4 is 35.3 Å². The molecule has 3 fully saturated rings. The summed E-state index contributed by atoms with van der Waals surface area (Å²) in [6, 6.07) is -3.81. The number of nitrogens with one attached hydrogen (secondary N) is 4. The van der Waals surface area contributed by atoms with Crippen LogP contribution in [0.4, 0.5) is 8.78 Å². The highest BCUT2D eigenvalue weighted by molar-refractivity contribution is 6.38. The van der Waals surface area contributed by atoms with Crippen molar-refractivity contribution in [2.24, 2.45) is 23.2 Å². The van der Waals surface area contributed by atoms with Gasteiger partial charge in [0.05, 0.1) is 6.04 Å². The first-order valence-corrected chi connectivity index (χ1v) is 15.3. The van der Waals surface area contributed by atoms with Crippen molar-refractivity contribution in [2.75, 3.05) is 13.6 Å². The van der Waals surface area contributed by atoms with E-state index in [1.54, 1.807) is 20.8 Å². The lowest BCUT2D eigenvalue weighted by molar-refractivity contribution is -0.155. The second kappa shape index (κ2) is 13.7. The quantitative estimate of drug-likeness (QED) is 0.233. The van der Waals surface area contributed by atoms with Gasteiger partial charge in [0.25, 0.3) is 5.91 Å². The SMILES string of the molecule is CC(C)C[C@@H](C(=O)N[C@@H](C[C@@H]1CCCNC1=O)C(=O)C(=O)NC1CC1)N(C)C(=O)[C@H](NC(=O)C(C)(C)C)C1CC(F)(F)C1. The topological polar surface area (TPSA) is 154 Å². The molecule has 4 atom stereocenters. The zero-order valence-corrected chi connectivity index (χ0v) is 26.1. The van der Waals surface area contributed by atoms with Crippen LogP contribution in [0.5, 0.6) is 0 Å². The van der Waals surface area contributed by atoms with Crippen LogP contribution in [0.25, 0.3) is 0 Å². The Morgan fingerprint density at radius 2 is 1.67 bits per heavy atom. The van der Waals surface area contributed by atoms with Crippen molar-refractivity contribution in [1.29, 1.82) is 0 Å². The zero-order chi connectivity index (χ0) is 32.3. The number of rotatable bonds is 13. The van der Waals surface area contributed by atoms with Crippen LogP contribution in [-0.4, -0.2) is 83.9 Å². The Hall–Kier alpha value is -3.12. The van der Waals surface area contributed by atoms with Crippen molar-refractivity contribution in [3.05, 3.63) is 0 Å². The van der Waals surface area contributed by atoms with Gasteiger partial charge in [-0.1, -0.05) is 34.6 Å². The molecule has 13 heteroatoms. The molecule has 43 heavy (non-hydrogen) atoms. The summed E-state index contributed by atoms with van der Waals surface area (Å²) in [4.78, 5) is 79.9. The molecule has 4 N–H and O–H groups in total. The Bertz CT molecular complexity index is 1100. The highest BCUT2D eigenvalue weighted by Gasteiger charge is 2.52. The molecule has 5 amide bonds. The van der Waals surface area contributed by atoms with E-state index in [1.807, 2.05) is 13.8 Å². The number of carbonyl (C=O) groups is 6. The van der Waals surface area contributed by atoms with Crippen LogP contribution < -0.4 is 21.3 Å². The van der Waals surface area contributed by atoms with Crippen molar-refractivity contribution in [1.82, 2.24) is 26.2 Å². The standard InChI is InChI=1S/C30H47F2N5O6/c1-16(2)12-21(37(6)27(42)22(18-14-30(31,32)15-18)36-28(43)29(3,4)5)25(40)35-20(13-17-8-7-11-33-24(17)39)23(38)26(41)34-19-9-10-19/h16-22H,7-15H2,1-6H3,(H,33,39)(H,34,41)(H,35,40)(H,36,43)/t17-,20-,21-,22+/m0/s1. The van der Waals surface area contributed by atoms with Gasteiger partial charge in [-0.25, -0.2) is 8.78 Å². The minimum atomic E-state index is -2.94. The molecule has 0 aromatic heterocycles. The van der Waals surface area contributed by atoms with Gasteiger partial charge in [-0.15, -0.1) is 0 Å². The Balaban J connectivity index is 1.83. The highest BCUT2D eigenvalue weighted by atomic mass is 19.3. The maximum atomic E-state index is 13.8. The summed E-state index contributed by atoms with van der Waals surface area (Å²) in [5.74, 6) is -8.31. The van der Waals surface area contributed by atoms with E-state index in [-0.39, 0.29) is 30.7 Å². The maximum Gasteiger partial charge on any atom is 0.289 e. The molecule has 242 valence electrons. The Morgan fingerprint density at radius 1 is 1.05 bits per heavy atom. The van der Waals surface area contributed by atoms with Gasteiger partial charge in [0.1, 0.15) is 12.1 Å². The molecule has 0 radical (unpaired) electrons.